The van der Waals surface area contributed by atoms with Gasteiger partial charge in [0.1, 0.15) is 11.5 Å². The third-order valence-corrected chi connectivity index (χ3v) is 2.89. The van der Waals surface area contributed by atoms with Gasteiger partial charge in [-0.05, 0) is 35.9 Å². The summed E-state index contributed by atoms with van der Waals surface area (Å²) in [6.45, 7) is 0. The Morgan fingerprint density at radius 1 is 1.39 bits per heavy atom. The molecule has 0 unspecified atom stereocenters. The van der Waals surface area contributed by atoms with Crippen molar-refractivity contribution < 1.29 is 5.11 Å². The van der Waals surface area contributed by atoms with Gasteiger partial charge in [0, 0.05) is 16.2 Å². The molecule has 0 fully saturated rings. The highest BCUT2D eigenvalue weighted by atomic mass is 79.9. The van der Waals surface area contributed by atoms with E-state index >= 15 is 0 Å². The van der Waals surface area contributed by atoms with Crippen molar-refractivity contribution in [3.8, 4) is 5.75 Å². The number of nitrogens with two attached hydrogens (primary N) is 1. The highest BCUT2D eigenvalue weighted by Crippen LogP contribution is 2.24. The zero-order valence-corrected chi connectivity index (χ0v) is 11.4. The molecule has 1 aromatic heterocycles. The predicted octanol–water partition coefficient (Wildman–Crippen LogP) is 2.31. The smallest absolute Gasteiger partial charge is 0.222 e. The largest absolute Gasteiger partial charge is 0.507 e. The monoisotopic (exact) mass is 326 g/mol. The fraction of sp³-hybridized carbons (Fsp3) is 0. The van der Waals surface area contributed by atoms with Gasteiger partial charge in [0.25, 0.3) is 0 Å². The Bertz CT molecular complexity index is 618. The summed E-state index contributed by atoms with van der Waals surface area (Å²) in [7, 11) is 0. The van der Waals surface area contributed by atoms with Gasteiger partial charge in [0.15, 0.2) is 0 Å². The van der Waals surface area contributed by atoms with Crippen LogP contribution in [0.5, 0.6) is 5.75 Å². The molecule has 0 aliphatic heterocycles. The van der Waals surface area contributed by atoms with E-state index in [2.05, 4.69) is 31.0 Å². The lowest BCUT2D eigenvalue weighted by Crippen LogP contribution is -2.09. The molecule has 7 heteroatoms. The Kier molecular flexibility index (Phi) is 3.78. The molecule has 1 heterocycles. The lowest BCUT2D eigenvalue weighted by Gasteiger charge is -2.07. The molecule has 0 amide bonds. The minimum absolute atomic E-state index is 0.0529. The van der Waals surface area contributed by atoms with E-state index < -0.39 is 0 Å². The molecule has 0 saturated heterocycles. The van der Waals surface area contributed by atoms with Crippen LogP contribution >= 0.6 is 27.5 Å². The van der Waals surface area contributed by atoms with Crippen molar-refractivity contribution in [1.82, 2.24) is 9.97 Å². The van der Waals surface area contributed by atoms with Crippen molar-refractivity contribution in [2.45, 2.75) is 0 Å². The van der Waals surface area contributed by atoms with Crippen molar-refractivity contribution in [2.24, 2.45) is 10.9 Å². The number of hydrogen-bond acceptors (Lipinski definition) is 5. The zero-order valence-electron chi connectivity index (χ0n) is 9.01. The number of phenols is 1. The second kappa shape index (κ2) is 5.32. The highest BCUT2D eigenvalue weighted by Gasteiger charge is 2.14. The maximum absolute atomic E-state index is 9.83. The van der Waals surface area contributed by atoms with Crippen LogP contribution in [-0.4, -0.2) is 20.8 Å². The van der Waals surface area contributed by atoms with Gasteiger partial charge in [0.05, 0.1) is 5.69 Å². The molecule has 92 valence electrons. The summed E-state index contributed by atoms with van der Waals surface area (Å²) < 4.78 is 0.789. The molecule has 0 aliphatic rings. The summed E-state index contributed by atoms with van der Waals surface area (Å²) in [5, 5.41) is 13.6. The van der Waals surface area contributed by atoms with Crippen molar-refractivity contribution in [2.75, 3.05) is 0 Å². The topological polar surface area (TPSA) is 84.4 Å². The van der Waals surface area contributed by atoms with Crippen LogP contribution in [-0.2, 0) is 0 Å². The molecule has 0 saturated carbocycles. The van der Waals surface area contributed by atoms with Gasteiger partial charge < -0.3 is 10.9 Å². The number of phenolic OH excluding ortho intramolecular Hbond substituents is 1. The molecule has 0 atom stereocenters. The van der Waals surface area contributed by atoms with Crippen LogP contribution in [0.3, 0.4) is 0 Å². The molecule has 18 heavy (non-hydrogen) atoms. The van der Waals surface area contributed by atoms with Crippen LogP contribution in [0.15, 0.2) is 40.0 Å². The molecule has 0 radical (unpaired) electrons. The average Bonchev–Trinajstić information content (AvgIpc) is 2.35. The Balaban J connectivity index is 2.56. The average molecular weight is 328 g/mol. The fourth-order valence-corrected chi connectivity index (χ4v) is 1.95. The molecule has 1 aromatic carbocycles. The van der Waals surface area contributed by atoms with Crippen LogP contribution in [0.1, 0.15) is 11.3 Å². The lowest BCUT2D eigenvalue weighted by atomic mass is 10.1. The summed E-state index contributed by atoms with van der Waals surface area (Å²) in [5.41, 5.74) is 1.23. The summed E-state index contributed by atoms with van der Waals surface area (Å²) in [4.78, 5) is 7.79. The molecule has 3 N–H and O–H groups in total. The molecule has 5 nitrogen and oxygen atoms in total. The SMILES string of the molecule is NN=C(c1ccnc(Cl)n1)c1cc(Br)ccc1O. The van der Waals surface area contributed by atoms with E-state index in [0.29, 0.717) is 17.0 Å². The van der Waals surface area contributed by atoms with Gasteiger partial charge >= 0.3 is 0 Å². The number of rotatable bonds is 2. The van der Waals surface area contributed by atoms with Gasteiger partial charge in [-0.15, -0.1) is 0 Å². The van der Waals surface area contributed by atoms with E-state index in [-0.39, 0.29) is 11.0 Å². The van der Waals surface area contributed by atoms with Crippen molar-refractivity contribution >= 4 is 33.2 Å². The van der Waals surface area contributed by atoms with E-state index in [4.69, 9.17) is 17.4 Å². The number of benzene rings is 1. The quantitative estimate of drug-likeness (QED) is 0.384. The first kappa shape index (κ1) is 12.8. The molecule has 0 aliphatic carbocycles. The lowest BCUT2D eigenvalue weighted by molar-refractivity contribution is 0.474. The molecular formula is C11H8BrClN4O. The molecular weight excluding hydrogens is 320 g/mol. The first-order valence-corrected chi connectivity index (χ1v) is 6.04. The zero-order chi connectivity index (χ0) is 13.1. The van der Waals surface area contributed by atoms with Gasteiger partial charge in [-0.3, -0.25) is 0 Å². The van der Waals surface area contributed by atoms with Gasteiger partial charge in [-0.25, -0.2) is 9.97 Å². The molecule has 2 aromatic rings. The predicted molar refractivity (Wildman–Crippen MR) is 72.7 cm³/mol. The van der Waals surface area contributed by atoms with E-state index in [9.17, 15) is 5.11 Å². The molecule has 2 rings (SSSR count). The molecule has 0 spiro atoms. The fourth-order valence-electron chi connectivity index (χ4n) is 1.44. The Hall–Kier alpha value is -1.66. The Morgan fingerprint density at radius 3 is 2.83 bits per heavy atom. The van der Waals surface area contributed by atoms with Crippen molar-refractivity contribution in [1.29, 1.82) is 0 Å². The minimum Gasteiger partial charge on any atom is -0.507 e. The summed E-state index contributed by atoms with van der Waals surface area (Å²) in [5.74, 6) is 5.42. The number of hydrazone groups is 1. The molecule has 0 bridgehead atoms. The number of halogens is 2. The van der Waals surface area contributed by atoms with E-state index in [1.807, 2.05) is 0 Å². The third-order valence-electron chi connectivity index (χ3n) is 2.21. The van der Waals surface area contributed by atoms with Gasteiger partial charge in [-0.2, -0.15) is 5.10 Å². The Labute approximate surface area is 116 Å². The van der Waals surface area contributed by atoms with E-state index in [1.54, 1.807) is 18.2 Å². The summed E-state index contributed by atoms with van der Waals surface area (Å²) in [6.07, 6.45) is 1.49. The third kappa shape index (κ3) is 2.60. The van der Waals surface area contributed by atoms with Gasteiger partial charge in [-0.1, -0.05) is 15.9 Å². The van der Waals surface area contributed by atoms with Gasteiger partial charge in [0.2, 0.25) is 5.28 Å². The number of hydrogen-bond donors (Lipinski definition) is 2. The van der Waals surface area contributed by atoms with Crippen molar-refractivity contribution in [3.63, 3.8) is 0 Å². The number of aromatic hydroxyl groups is 1. The normalized spacial score (nSPS) is 11.6. The van der Waals surface area contributed by atoms with E-state index in [1.165, 1.54) is 12.3 Å². The summed E-state index contributed by atoms with van der Waals surface area (Å²) in [6, 6.07) is 6.54. The first-order chi connectivity index (χ1) is 8.61. The summed E-state index contributed by atoms with van der Waals surface area (Å²) >= 11 is 9.03. The standard InChI is InChI=1S/C11H8BrClN4O/c12-6-1-2-9(18)7(5-6)10(17-14)8-3-4-15-11(13)16-8/h1-5,18H,14H2. The first-order valence-electron chi connectivity index (χ1n) is 4.87. The maximum Gasteiger partial charge on any atom is 0.222 e. The van der Waals surface area contributed by atoms with Crippen molar-refractivity contribution in [3.05, 3.63) is 51.5 Å². The van der Waals surface area contributed by atoms with Crippen LogP contribution < -0.4 is 5.84 Å². The maximum atomic E-state index is 9.83. The van der Waals surface area contributed by atoms with Crippen LogP contribution in [0, 0.1) is 0 Å². The second-order valence-corrected chi connectivity index (χ2v) is 4.60. The van der Waals surface area contributed by atoms with E-state index in [0.717, 1.165) is 4.47 Å². The minimum atomic E-state index is 0.0529. The number of nitrogens with zero attached hydrogens (tertiary/aromatic N) is 3. The van der Waals surface area contributed by atoms with Crippen LogP contribution in [0.4, 0.5) is 0 Å². The second-order valence-electron chi connectivity index (χ2n) is 3.35. The number of aromatic nitrogens is 2. The Morgan fingerprint density at radius 2 is 2.17 bits per heavy atom. The highest BCUT2D eigenvalue weighted by molar-refractivity contribution is 9.10. The van der Waals surface area contributed by atoms with Crippen LogP contribution in [0.25, 0.3) is 0 Å². The van der Waals surface area contributed by atoms with Crippen LogP contribution in [0.2, 0.25) is 5.28 Å².